The van der Waals surface area contributed by atoms with Crippen molar-refractivity contribution in [1.82, 2.24) is 0 Å². The Morgan fingerprint density at radius 3 is 1.25 bits per heavy atom. The van der Waals surface area contributed by atoms with Crippen LogP contribution in [0.1, 0.15) is 41.5 Å². The number of ether oxygens (including phenoxy) is 2. The summed E-state index contributed by atoms with van der Waals surface area (Å²) in [6, 6.07) is 0. The summed E-state index contributed by atoms with van der Waals surface area (Å²) >= 11 is 0. The summed E-state index contributed by atoms with van der Waals surface area (Å²) in [7, 11) is 0. The van der Waals surface area contributed by atoms with Gasteiger partial charge in [-0.05, 0) is 41.5 Å². The summed E-state index contributed by atoms with van der Waals surface area (Å²) in [4.78, 5) is 11.0. The van der Waals surface area contributed by atoms with E-state index in [2.05, 4.69) is 0 Å². The maximum absolute atomic E-state index is 11.0. The van der Waals surface area contributed by atoms with Crippen LogP contribution in [0.15, 0.2) is 10.6 Å². The van der Waals surface area contributed by atoms with Crippen LogP contribution in [0.25, 0.3) is 0 Å². The molecule has 7 nitrogen and oxygen atoms in total. The summed E-state index contributed by atoms with van der Waals surface area (Å²) in [5.74, 6) is 0. The second-order valence-electron chi connectivity index (χ2n) is 4.86. The molecule has 0 rings (SSSR count). The van der Waals surface area contributed by atoms with Gasteiger partial charge in [-0.3, -0.25) is 0 Å². The Kier molecular flexibility index (Phi) is 7.24. The highest BCUT2D eigenvalue weighted by atomic mass is 16.7. The zero-order valence-corrected chi connectivity index (χ0v) is 10.5. The van der Waals surface area contributed by atoms with Crippen LogP contribution in [0.3, 0.4) is 0 Å². The van der Waals surface area contributed by atoms with Gasteiger partial charge in [0.05, 0.1) is 10.6 Å². The first kappa shape index (κ1) is 16.9. The Morgan fingerprint density at radius 1 is 0.875 bits per heavy atom. The first-order valence-electron chi connectivity index (χ1n) is 4.62. The van der Waals surface area contributed by atoms with Gasteiger partial charge in [0.2, 0.25) is 0 Å². The van der Waals surface area contributed by atoms with Crippen LogP contribution in [-0.4, -0.2) is 27.8 Å². The van der Waals surface area contributed by atoms with Gasteiger partial charge in [0, 0.05) is 0 Å². The van der Waals surface area contributed by atoms with Gasteiger partial charge in [-0.2, -0.15) is 0 Å². The highest BCUT2D eigenvalue weighted by Crippen LogP contribution is 2.13. The third-order valence-corrected chi connectivity index (χ3v) is 0.819. The molecule has 0 unspecified atom stereocenters. The first-order valence-corrected chi connectivity index (χ1v) is 4.62. The predicted octanol–water partition coefficient (Wildman–Crippen LogP) is 2.95. The minimum absolute atomic E-state index is 0.484. The van der Waals surface area contributed by atoms with Crippen LogP contribution in [0.2, 0.25) is 0 Å². The Bertz CT molecular complexity index is 205. The normalized spacial score (nSPS) is 11.6. The van der Waals surface area contributed by atoms with Crippen molar-refractivity contribution in [3.8, 4) is 0 Å². The summed E-state index contributed by atoms with van der Waals surface area (Å²) in [5.41, 5.74) is -0.968. The lowest BCUT2D eigenvalue weighted by molar-refractivity contribution is -0.0468. The van der Waals surface area contributed by atoms with E-state index in [0.29, 0.717) is 0 Å². The minimum atomic E-state index is -0.616. The van der Waals surface area contributed by atoms with Crippen LogP contribution in [0.4, 0.5) is 4.79 Å². The fraction of sp³-hybridized carbons (Fsp3) is 0.889. The monoisotopic (exact) mass is 236 g/mol. The van der Waals surface area contributed by atoms with E-state index >= 15 is 0 Å². The molecule has 0 bridgehead atoms. The number of hydrogen-bond acceptors (Lipinski definition) is 5. The second-order valence-corrected chi connectivity index (χ2v) is 4.86. The molecule has 16 heavy (non-hydrogen) atoms. The van der Waals surface area contributed by atoms with Crippen LogP contribution in [0.5, 0.6) is 0 Å². The molecule has 0 aliphatic heterocycles. The van der Waals surface area contributed by atoms with E-state index < -0.39 is 17.4 Å². The van der Waals surface area contributed by atoms with Crippen LogP contribution in [-0.2, 0) is 9.47 Å². The SMILES string of the molecule is CC(C)(C)OC(=O)OC(C)(C)C.ON=NO. The third kappa shape index (κ3) is 18.3. The average Bonchev–Trinajstić information content (AvgIpc) is 1.97. The Hall–Kier alpha value is -1.53. The van der Waals surface area contributed by atoms with E-state index in [0.717, 1.165) is 0 Å². The maximum Gasteiger partial charge on any atom is 0.509 e. The van der Waals surface area contributed by atoms with Gasteiger partial charge in [0.25, 0.3) is 0 Å². The summed E-state index contributed by atoms with van der Waals surface area (Å²) in [5, 5.41) is 18.0. The molecular formula is C9H20N2O5. The predicted molar refractivity (Wildman–Crippen MR) is 55.5 cm³/mol. The Labute approximate surface area is 95.0 Å². The smallest absolute Gasteiger partial charge is 0.429 e. The molecule has 0 radical (unpaired) electrons. The van der Waals surface area contributed by atoms with Crippen molar-refractivity contribution >= 4 is 6.16 Å². The van der Waals surface area contributed by atoms with Crippen LogP contribution in [0, 0.1) is 0 Å². The molecule has 0 aromatic carbocycles. The molecule has 0 heterocycles. The lowest BCUT2D eigenvalue weighted by atomic mass is 10.2. The van der Waals surface area contributed by atoms with Gasteiger partial charge in [-0.25, -0.2) is 4.79 Å². The van der Waals surface area contributed by atoms with Gasteiger partial charge in [-0.1, -0.05) is 0 Å². The van der Waals surface area contributed by atoms with Crippen molar-refractivity contribution < 1.29 is 24.7 Å². The van der Waals surface area contributed by atoms with E-state index in [1.54, 1.807) is 41.5 Å². The molecule has 0 saturated heterocycles. The van der Waals surface area contributed by atoms with E-state index in [9.17, 15) is 4.79 Å². The molecule has 0 aromatic heterocycles. The Balaban J connectivity index is 0. The number of carbonyl (C=O) groups excluding carboxylic acids is 1. The molecule has 0 spiro atoms. The van der Waals surface area contributed by atoms with Gasteiger partial charge < -0.3 is 19.9 Å². The zero-order chi connectivity index (χ0) is 13.4. The molecule has 0 saturated carbocycles. The Morgan fingerprint density at radius 2 is 1.12 bits per heavy atom. The van der Waals surface area contributed by atoms with Crippen molar-refractivity contribution in [2.24, 2.45) is 10.6 Å². The zero-order valence-electron chi connectivity index (χ0n) is 10.5. The van der Waals surface area contributed by atoms with Crippen molar-refractivity contribution in [2.45, 2.75) is 52.7 Å². The van der Waals surface area contributed by atoms with Crippen molar-refractivity contribution in [2.75, 3.05) is 0 Å². The second kappa shape index (κ2) is 6.86. The molecule has 96 valence electrons. The van der Waals surface area contributed by atoms with Gasteiger partial charge >= 0.3 is 6.16 Å². The van der Waals surface area contributed by atoms with E-state index in [1.807, 2.05) is 10.6 Å². The first-order chi connectivity index (χ1) is 7.02. The van der Waals surface area contributed by atoms with E-state index in [1.165, 1.54) is 0 Å². The number of carbonyl (C=O) groups is 1. The third-order valence-electron chi connectivity index (χ3n) is 0.819. The van der Waals surface area contributed by atoms with Crippen molar-refractivity contribution in [1.29, 1.82) is 0 Å². The summed E-state index contributed by atoms with van der Waals surface area (Å²) < 4.78 is 9.91. The molecule has 0 fully saturated rings. The minimum Gasteiger partial charge on any atom is -0.429 e. The molecule has 2 N–H and O–H groups in total. The van der Waals surface area contributed by atoms with E-state index in [-0.39, 0.29) is 0 Å². The van der Waals surface area contributed by atoms with Crippen molar-refractivity contribution in [3.63, 3.8) is 0 Å². The molecule has 7 heteroatoms. The lowest BCUT2D eigenvalue weighted by Crippen LogP contribution is -2.30. The van der Waals surface area contributed by atoms with Gasteiger partial charge in [0.1, 0.15) is 11.2 Å². The molecule has 0 amide bonds. The quantitative estimate of drug-likeness (QED) is 0.382. The maximum atomic E-state index is 11.0. The van der Waals surface area contributed by atoms with Crippen LogP contribution < -0.4 is 0 Å². The molecule has 0 aliphatic rings. The van der Waals surface area contributed by atoms with Gasteiger partial charge in [0.15, 0.2) is 0 Å². The molecule has 0 aliphatic carbocycles. The standard InChI is InChI=1S/C9H18O3.H2N2O2/c1-8(2,3)11-7(10)12-9(4,5)6;3-1-2-4/h1-6H3;(H,1,4)(H,2,3). The molecule has 0 aromatic rings. The fourth-order valence-electron chi connectivity index (χ4n) is 0.521. The highest BCUT2D eigenvalue weighted by Gasteiger charge is 2.22. The number of hydrogen-bond donors (Lipinski definition) is 2. The lowest BCUT2D eigenvalue weighted by Gasteiger charge is -2.24. The van der Waals surface area contributed by atoms with E-state index in [4.69, 9.17) is 19.9 Å². The number of rotatable bonds is 0. The topological polar surface area (TPSA) is 101 Å². The fourth-order valence-corrected chi connectivity index (χ4v) is 0.521. The molecule has 0 atom stereocenters. The summed E-state index contributed by atoms with van der Waals surface area (Å²) in [6.07, 6.45) is -0.616. The van der Waals surface area contributed by atoms with Crippen molar-refractivity contribution in [3.05, 3.63) is 0 Å². The van der Waals surface area contributed by atoms with Gasteiger partial charge in [-0.15, -0.1) is 0 Å². The largest absolute Gasteiger partial charge is 0.509 e. The number of nitrogens with zero attached hydrogens (tertiary/aromatic N) is 2. The highest BCUT2D eigenvalue weighted by molar-refractivity contribution is 5.61. The average molecular weight is 236 g/mol. The van der Waals surface area contributed by atoms with Crippen LogP contribution >= 0.6 is 0 Å². The molecular weight excluding hydrogens is 216 g/mol. The summed E-state index contributed by atoms with van der Waals surface area (Å²) in [6.45, 7) is 10.8.